The lowest BCUT2D eigenvalue weighted by atomic mass is 9.68. The molecule has 104 valence electrons. The van der Waals surface area contributed by atoms with Crippen LogP contribution < -0.4 is 11.1 Å². The van der Waals surface area contributed by atoms with E-state index in [0.29, 0.717) is 13.1 Å². The highest BCUT2D eigenvalue weighted by molar-refractivity contribution is 5.83. The van der Waals surface area contributed by atoms with Crippen molar-refractivity contribution in [3.05, 3.63) is 34.9 Å². The van der Waals surface area contributed by atoms with Crippen LogP contribution in [0.1, 0.15) is 36.0 Å². The van der Waals surface area contributed by atoms with Crippen molar-refractivity contribution in [3.8, 4) is 0 Å². The predicted octanol–water partition coefficient (Wildman–Crippen LogP) is 2.09. The molecule has 0 aromatic heterocycles. The van der Waals surface area contributed by atoms with Gasteiger partial charge in [0.2, 0.25) is 5.91 Å². The van der Waals surface area contributed by atoms with Crippen molar-refractivity contribution in [2.75, 3.05) is 13.1 Å². The Hall–Kier alpha value is -1.35. The van der Waals surface area contributed by atoms with E-state index >= 15 is 0 Å². The van der Waals surface area contributed by atoms with Gasteiger partial charge in [0.1, 0.15) is 0 Å². The summed E-state index contributed by atoms with van der Waals surface area (Å²) in [6, 6.07) is 6.46. The molecular weight excluding hydrogens is 236 g/mol. The number of nitrogens with one attached hydrogen (secondary N) is 1. The summed E-state index contributed by atoms with van der Waals surface area (Å²) in [6.45, 7) is 5.39. The van der Waals surface area contributed by atoms with Crippen LogP contribution in [0.15, 0.2) is 18.2 Å². The SMILES string of the molecule is Cc1ccc(CCNC(=O)C2(CN)CCC2)c(C)c1. The van der Waals surface area contributed by atoms with Gasteiger partial charge in [-0.1, -0.05) is 30.2 Å². The largest absolute Gasteiger partial charge is 0.355 e. The molecule has 19 heavy (non-hydrogen) atoms. The van der Waals surface area contributed by atoms with E-state index < -0.39 is 0 Å². The Labute approximate surface area is 115 Å². The summed E-state index contributed by atoms with van der Waals surface area (Å²) in [5.74, 6) is 0.144. The molecule has 1 fully saturated rings. The number of aryl methyl sites for hydroxylation is 2. The molecule has 3 N–H and O–H groups in total. The molecule has 3 heteroatoms. The first-order chi connectivity index (χ1) is 9.07. The second kappa shape index (κ2) is 5.74. The fourth-order valence-corrected chi connectivity index (χ4v) is 2.75. The molecule has 0 heterocycles. The quantitative estimate of drug-likeness (QED) is 0.851. The van der Waals surface area contributed by atoms with Crippen LogP contribution in [0.25, 0.3) is 0 Å². The normalized spacial score (nSPS) is 16.8. The summed E-state index contributed by atoms with van der Waals surface area (Å²) in [6.07, 6.45) is 3.90. The van der Waals surface area contributed by atoms with Crippen LogP contribution in [0.2, 0.25) is 0 Å². The van der Waals surface area contributed by atoms with Crippen molar-refractivity contribution in [1.82, 2.24) is 5.32 Å². The van der Waals surface area contributed by atoms with E-state index in [1.165, 1.54) is 16.7 Å². The minimum atomic E-state index is -0.262. The van der Waals surface area contributed by atoms with E-state index in [9.17, 15) is 4.79 Å². The van der Waals surface area contributed by atoms with E-state index in [1.807, 2.05) is 0 Å². The first-order valence-electron chi connectivity index (χ1n) is 7.12. The van der Waals surface area contributed by atoms with Gasteiger partial charge >= 0.3 is 0 Å². The van der Waals surface area contributed by atoms with Crippen LogP contribution >= 0.6 is 0 Å². The minimum absolute atomic E-state index is 0.144. The molecular formula is C16H24N2O. The lowest BCUT2D eigenvalue weighted by molar-refractivity contribution is -0.135. The zero-order valence-corrected chi connectivity index (χ0v) is 12.0. The maximum absolute atomic E-state index is 12.1. The number of carbonyl (C=O) groups is 1. The van der Waals surface area contributed by atoms with Gasteiger partial charge in [0.15, 0.2) is 0 Å². The van der Waals surface area contributed by atoms with E-state index in [2.05, 4.69) is 37.4 Å². The third kappa shape index (κ3) is 2.98. The fourth-order valence-electron chi connectivity index (χ4n) is 2.75. The van der Waals surface area contributed by atoms with Gasteiger partial charge in [0, 0.05) is 13.1 Å². The highest BCUT2D eigenvalue weighted by atomic mass is 16.2. The number of amides is 1. The second-order valence-corrected chi connectivity index (χ2v) is 5.77. The van der Waals surface area contributed by atoms with Crippen molar-refractivity contribution in [1.29, 1.82) is 0 Å². The second-order valence-electron chi connectivity index (χ2n) is 5.77. The fraction of sp³-hybridized carbons (Fsp3) is 0.562. The molecule has 0 bridgehead atoms. The zero-order valence-electron chi connectivity index (χ0n) is 12.0. The molecule has 1 aromatic carbocycles. The summed E-state index contributed by atoms with van der Waals surface area (Å²) in [5, 5.41) is 3.05. The van der Waals surface area contributed by atoms with Gasteiger partial charge in [0.05, 0.1) is 5.41 Å². The molecule has 3 nitrogen and oxygen atoms in total. The molecule has 1 saturated carbocycles. The molecule has 1 aliphatic carbocycles. The standard InChI is InChI=1S/C16H24N2O/c1-12-4-5-14(13(2)10-12)6-9-18-15(19)16(11-17)7-3-8-16/h4-5,10H,3,6-9,11,17H2,1-2H3,(H,18,19). The van der Waals surface area contributed by atoms with Crippen LogP contribution in [-0.4, -0.2) is 19.0 Å². The maximum atomic E-state index is 12.1. The van der Waals surface area contributed by atoms with Gasteiger partial charge in [-0.05, 0) is 44.2 Å². The van der Waals surface area contributed by atoms with Crippen LogP contribution in [0.5, 0.6) is 0 Å². The van der Waals surface area contributed by atoms with Gasteiger partial charge in [-0.15, -0.1) is 0 Å². The lowest BCUT2D eigenvalue weighted by Crippen LogP contribution is -2.50. The van der Waals surface area contributed by atoms with Crippen LogP contribution in [0.3, 0.4) is 0 Å². The molecule has 0 aliphatic heterocycles. The topological polar surface area (TPSA) is 55.1 Å². The zero-order chi connectivity index (χ0) is 13.9. The molecule has 1 aliphatic rings. The molecule has 0 spiro atoms. The van der Waals surface area contributed by atoms with Gasteiger partial charge < -0.3 is 11.1 Å². The first kappa shape index (κ1) is 14.1. The van der Waals surface area contributed by atoms with Crippen LogP contribution in [0.4, 0.5) is 0 Å². The van der Waals surface area contributed by atoms with Crippen LogP contribution in [-0.2, 0) is 11.2 Å². The Morgan fingerprint density at radius 3 is 2.63 bits per heavy atom. The molecule has 0 saturated heterocycles. The van der Waals surface area contributed by atoms with Gasteiger partial charge in [-0.2, -0.15) is 0 Å². The summed E-state index contributed by atoms with van der Waals surface area (Å²) in [4.78, 5) is 12.1. The molecule has 1 aromatic rings. The number of nitrogens with two attached hydrogens (primary N) is 1. The summed E-state index contributed by atoms with van der Waals surface area (Å²) < 4.78 is 0. The lowest BCUT2D eigenvalue weighted by Gasteiger charge is -2.39. The third-order valence-corrected chi connectivity index (χ3v) is 4.36. The van der Waals surface area contributed by atoms with Crippen molar-refractivity contribution < 1.29 is 4.79 Å². The third-order valence-electron chi connectivity index (χ3n) is 4.36. The Kier molecular flexibility index (Phi) is 4.25. The Morgan fingerprint density at radius 2 is 2.11 bits per heavy atom. The van der Waals surface area contributed by atoms with Gasteiger partial charge in [-0.3, -0.25) is 4.79 Å². The molecule has 1 amide bonds. The van der Waals surface area contributed by atoms with E-state index in [-0.39, 0.29) is 11.3 Å². The average Bonchev–Trinajstić information content (AvgIpc) is 2.31. The number of hydrogen-bond donors (Lipinski definition) is 2. The average molecular weight is 260 g/mol. The van der Waals surface area contributed by atoms with Crippen LogP contribution in [0, 0.1) is 19.3 Å². The van der Waals surface area contributed by atoms with E-state index in [0.717, 1.165) is 25.7 Å². The molecule has 0 atom stereocenters. The minimum Gasteiger partial charge on any atom is -0.355 e. The van der Waals surface area contributed by atoms with Crippen molar-refractivity contribution >= 4 is 5.91 Å². The Balaban J connectivity index is 1.85. The molecule has 2 rings (SSSR count). The van der Waals surface area contributed by atoms with Crippen molar-refractivity contribution in [2.45, 2.75) is 39.5 Å². The Morgan fingerprint density at radius 1 is 1.37 bits per heavy atom. The Bertz CT molecular complexity index is 458. The smallest absolute Gasteiger partial charge is 0.227 e. The summed E-state index contributed by atoms with van der Waals surface area (Å²) in [7, 11) is 0. The van der Waals surface area contributed by atoms with Crippen molar-refractivity contribution in [2.24, 2.45) is 11.1 Å². The van der Waals surface area contributed by atoms with Gasteiger partial charge in [-0.25, -0.2) is 0 Å². The van der Waals surface area contributed by atoms with E-state index in [4.69, 9.17) is 5.73 Å². The van der Waals surface area contributed by atoms with Crippen molar-refractivity contribution in [3.63, 3.8) is 0 Å². The number of carbonyl (C=O) groups excluding carboxylic acids is 1. The van der Waals surface area contributed by atoms with Gasteiger partial charge in [0.25, 0.3) is 0 Å². The number of rotatable bonds is 5. The number of hydrogen-bond acceptors (Lipinski definition) is 2. The maximum Gasteiger partial charge on any atom is 0.227 e. The highest BCUT2D eigenvalue weighted by Crippen LogP contribution is 2.39. The monoisotopic (exact) mass is 260 g/mol. The number of benzene rings is 1. The van der Waals surface area contributed by atoms with E-state index in [1.54, 1.807) is 0 Å². The summed E-state index contributed by atoms with van der Waals surface area (Å²) >= 11 is 0. The summed E-state index contributed by atoms with van der Waals surface area (Å²) in [5.41, 5.74) is 9.35. The molecule has 0 unspecified atom stereocenters. The highest BCUT2D eigenvalue weighted by Gasteiger charge is 2.42. The predicted molar refractivity (Wildman–Crippen MR) is 78.0 cm³/mol. The first-order valence-corrected chi connectivity index (χ1v) is 7.12. The molecule has 0 radical (unpaired) electrons.